The van der Waals surface area contributed by atoms with E-state index in [1.54, 1.807) is 6.20 Å². The van der Waals surface area contributed by atoms with Gasteiger partial charge in [0.2, 0.25) is 5.91 Å². The molecule has 0 aliphatic carbocycles. The van der Waals surface area contributed by atoms with E-state index in [4.69, 9.17) is 18.6 Å². The van der Waals surface area contributed by atoms with Crippen LogP contribution < -0.4 is 14.8 Å². The van der Waals surface area contributed by atoms with Gasteiger partial charge in [0.05, 0.1) is 38.8 Å². The molecule has 1 N–H and O–H groups in total. The number of rotatable bonds is 8. The lowest BCUT2D eigenvalue weighted by Gasteiger charge is -2.14. The summed E-state index contributed by atoms with van der Waals surface area (Å²) in [5.74, 6) is 0.895. The number of amides is 1. The van der Waals surface area contributed by atoms with Crippen LogP contribution in [0, 0.1) is 0 Å². The predicted molar refractivity (Wildman–Crippen MR) is 110 cm³/mol. The minimum Gasteiger partial charge on any atom is -0.493 e. The van der Waals surface area contributed by atoms with Crippen molar-refractivity contribution in [1.82, 2.24) is 4.98 Å². The lowest BCUT2D eigenvalue weighted by atomic mass is 10.1. The summed E-state index contributed by atoms with van der Waals surface area (Å²) in [6, 6.07) is 12.6. The topological polar surface area (TPSA) is 99.9 Å². The first-order chi connectivity index (χ1) is 14.5. The Kier molecular flexibility index (Phi) is 6.69. The second-order valence-electron chi connectivity index (χ2n) is 6.28. The molecule has 1 aromatic heterocycles. The molecule has 0 saturated heterocycles. The van der Waals surface area contributed by atoms with E-state index in [9.17, 15) is 9.59 Å². The highest BCUT2D eigenvalue weighted by Gasteiger charge is 2.19. The van der Waals surface area contributed by atoms with Gasteiger partial charge in [-0.3, -0.25) is 4.79 Å². The maximum atomic E-state index is 12.5. The molecule has 0 unspecified atom stereocenters. The van der Waals surface area contributed by atoms with Crippen molar-refractivity contribution < 1.29 is 28.2 Å². The van der Waals surface area contributed by atoms with Crippen LogP contribution in [-0.4, -0.2) is 38.2 Å². The average molecular weight is 410 g/mol. The Morgan fingerprint density at radius 2 is 1.73 bits per heavy atom. The number of nitrogens with zero attached hydrogens (tertiary/aromatic N) is 1. The van der Waals surface area contributed by atoms with Crippen LogP contribution in [0.5, 0.6) is 11.5 Å². The van der Waals surface area contributed by atoms with Gasteiger partial charge in [0.1, 0.15) is 0 Å². The number of carbonyl (C=O) groups is 2. The lowest BCUT2D eigenvalue weighted by Crippen LogP contribution is -2.16. The summed E-state index contributed by atoms with van der Waals surface area (Å²) in [6.07, 6.45) is 2.05. The zero-order valence-corrected chi connectivity index (χ0v) is 16.9. The molecule has 3 rings (SSSR count). The summed E-state index contributed by atoms with van der Waals surface area (Å²) in [5.41, 5.74) is 1.33. The molecule has 0 radical (unpaired) electrons. The molecule has 8 heteroatoms. The Labute approximate surface area is 173 Å². The van der Waals surface area contributed by atoms with E-state index in [2.05, 4.69) is 10.3 Å². The molecular weight excluding hydrogens is 388 g/mol. The zero-order chi connectivity index (χ0) is 21.5. The van der Waals surface area contributed by atoms with Gasteiger partial charge in [0.25, 0.3) is 0 Å². The quantitative estimate of drug-likeness (QED) is 0.565. The van der Waals surface area contributed by atoms with Gasteiger partial charge in [-0.15, -0.1) is 0 Å². The molecule has 1 heterocycles. The van der Waals surface area contributed by atoms with Gasteiger partial charge in [0, 0.05) is 30.5 Å². The first-order valence-electron chi connectivity index (χ1n) is 9.20. The van der Waals surface area contributed by atoms with Gasteiger partial charge in [-0.2, -0.15) is 0 Å². The number of methoxy groups -OCH3 is 3. The van der Waals surface area contributed by atoms with Gasteiger partial charge < -0.3 is 23.9 Å². The number of anilines is 1. The number of hydrogen-bond donors (Lipinski definition) is 1. The average Bonchev–Trinajstić information content (AvgIpc) is 3.26. The zero-order valence-electron chi connectivity index (χ0n) is 16.9. The van der Waals surface area contributed by atoms with Gasteiger partial charge >= 0.3 is 5.97 Å². The minimum atomic E-state index is -0.605. The minimum absolute atomic E-state index is 0.115. The number of aryl methyl sites for hydroxylation is 1. The molecule has 0 saturated carbocycles. The van der Waals surface area contributed by atoms with E-state index in [1.807, 2.05) is 30.3 Å². The number of oxazole rings is 1. The molecule has 2 aromatic carbocycles. The molecule has 30 heavy (non-hydrogen) atoms. The monoisotopic (exact) mass is 410 g/mol. The van der Waals surface area contributed by atoms with Crippen molar-refractivity contribution in [3.63, 3.8) is 0 Å². The second kappa shape index (κ2) is 9.60. The Morgan fingerprint density at radius 3 is 2.40 bits per heavy atom. The van der Waals surface area contributed by atoms with Gasteiger partial charge in [-0.1, -0.05) is 30.3 Å². The van der Waals surface area contributed by atoms with Crippen LogP contribution in [0.4, 0.5) is 5.69 Å². The third-order valence-corrected chi connectivity index (χ3v) is 4.38. The van der Waals surface area contributed by atoms with Crippen LogP contribution in [-0.2, 0) is 16.0 Å². The molecule has 3 aromatic rings. The first-order valence-corrected chi connectivity index (χ1v) is 9.20. The molecule has 8 nitrogen and oxygen atoms in total. The van der Waals surface area contributed by atoms with Crippen molar-refractivity contribution in [2.75, 3.05) is 26.6 Å². The first kappa shape index (κ1) is 20.9. The molecule has 1 amide bonds. The number of benzene rings is 2. The number of ether oxygens (including phenoxy) is 3. The van der Waals surface area contributed by atoms with E-state index in [0.29, 0.717) is 29.6 Å². The van der Waals surface area contributed by atoms with Gasteiger partial charge in [-0.05, 0) is 0 Å². The molecule has 0 spiro atoms. The number of nitrogens with one attached hydrogen (secondary N) is 1. The number of aromatic nitrogens is 1. The number of esters is 1. The molecular formula is C22H22N2O6. The fraction of sp³-hybridized carbons (Fsp3) is 0.227. The number of hydrogen-bond acceptors (Lipinski definition) is 7. The lowest BCUT2D eigenvalue weighted by molar-refractivity contribution is -0.116. The van der Waals surface area contributed by atoms with Crippen LogP contribution in [0.1, 0.15) is 22.7 Å². The molecule has 156 valence electrons. The van der Waals surface area contributed by atoms with Crippen molar-refractivity contribution in [2.24, 2.45) is 0 Å². The van der Waals surface area contributed by atoms with E-state index >= 15 is 0 Å². The van der Waals surface area contributed by atoms with Crippen LogP contribution in [0.3, 0.4) is 0 Å². The van der Waals surface area contributed by atoms with Gasteiger partial charge in [0.15, 0.2) is 23.1 Å². The summed E-state index contributed by atoms with van der Waals surface area (Å²) in [4.78, 5) is 28.8. The van der Waals surface area contributed by atoms with E-state index in [1.165, 1.54) is 33.5 Å². The van der Waals surface area contributed by atoms with E-state index in [0.717, 1.165) is 5.56 Å². The third-order valence-electron chi connectivity index (χ3n) is 4.38. The fourth-order valence-corrected chi connectivity index (χ4v) is 2.86. The van der Waals surface area contributed by atoms with Gasteiger partial charge in [-0.25, -0.2) is 9.78 Å². The SMILES string of the molecule is COC(=O)c1cc(OC)c(OC)cc1NC(=O)CCc1ncc(-c2ccccc2)o1. The number of carbonyl (C=O) groups excluding carboxylic acids is 2. The summed E-state index contributed by atoms with van der Waals surface area (Å²) < 4.78 is 21.0. The summed E-state index contributed by atoms with van der Waals surface area (Å²) in [6.45, 7) is 0. The maximum absolute atomic E-state index is 12.5. The Balaban J connectivity index is 1.70. The summed E-state index contributed by atoms with van der Waals surface area (Å²) in [5, 5.41) is 2.72. The van der Waals surface area contributed by atoms with Crippen molar-refractivity contribution in [3.8, 4) is 22.8 Å². The Bertz CT molecular complexity index is 1030. The van der Waals surface area contributed by atoms with Crippen molar-refractivity contribution in [3.05, 3.63) is 60.1 Å². The van der Waals surface area contributed by atoms with Crippen LogP contribution in [0.2, 0.25) is 0 Å². The predicted octanol–water partition coefficient (Wildman–Crippen LogP) is 3.72. The molecule has 0 fully saturated rings. The van der Waals surface area contributed by atoms with Crippen molar-refractivity contribution in [2.45, 2.75) is 12.8 Å². The Hall–Kier alpha value is -3.81. The Morgan fingerprint density at radius 1 is 1.03 bits per heavy atom. The third kappa shape index (κ3) is 4.78. The molecule has 0 aliphatic rings. The highest BCUT2D eigenvalue weighted by Crippen LogP contribution is 2.34. The molecule has 0 aliphatic heterocycles. The molecule has 0 bridgehead atoms. The van der Waals surface area contributed by atoms with Crippen molar-refractivity contribution in [1.29, 1.82) is 0 Å². The smallest absolute Gasteiger partial charge is 0.340 e. The standard InChI is InChI=1S/C22H22N2O6/c1-27-17-11-15(22(26)29-3)16(12-18(17)28-2)24-20(25)9-10-21-23-13-19(30-21)14-7-5-4-6-8-14/h4-8,11-13H,9-10H2,1-3H3,(H,24,25). The molecule has 0 atom stereocenters. The normalized spacial score (nSPS) is 10.4. The van der Waals surface area contributed by atoms with Crippen LogP contribution >= 0.6 is 0 Å². The fourth-order valence-electron chi connectivity index (χ4n) is 2.86. The highest BCUT2D eigenvalue weighted by molar-refractivity contribution is 6.02. The van der Waals surface area contributed by atoms with Crippen LogP contribution in [0.15, 0.2) is 53.1 Å². The second-order valence-corrected chi connectivity index (χ2v) is 6.28. The van der Waals surface area contributed by atoms with Crippen LogP contribution in [0.25, 0.3) is 11.3 Å². The largest absolute Gasteiger partial charge is 0.493 e. The van der Waals surface area contributed by atoms with E-state index < -0.39 is 5.97 Å². The highest BCUT2D eigenvalue weighted by atomic mass is 16.5. The summed E-state index contributed by atoms with van der Waals surface area (Å²) in [7, 11) is 4.18. The maximum Gasteiger partial charge on any atom is 0.340 e. The summed E-state index contributed by atoms with van der Waals surface area (Å²) >= 11 is 0. The van der Waals surface area contributed by atoms with E-state index in [-0.39, 0.29) is 23.6 Å². The van der Waals surface area contributed by atoms with Crippen molar-refractivity contribution >= 4 is 17.6 Å².